The van der Waals surface area contributed by atoms with Crippen LogP contribution < -0.4 is 0 Å². The fourth-order valence-corrected chi connectivity index (χ4v) is 2.30. The first-order valence-electron chi connectivity index (χ1n) is 4.90. The Balaban J connectivity index is 2.24. The summed E-state index contributed by atoms with van der Waals surface area (Å²) in [5.74, 6) is -0.270. The second kappa shape index (κ2) is 4.60. The Morgan fingerprint density at radius 1 is 1.53 bits per heavy atom. The van der Waals surface area contributed by atoms with Crippen molar-refractivity contribution in [3.8, 4) is 0 Å². The number of hydrogen-bond donors (Lipinski definition) is 1. The van der Waals surface area contributed by atoms with Gasteiger partial charge in [-0.15, -0.1) is 0 Å². The second-order valence-corrected chi connectivity index (χ2v) is 4.50. The summed E-state index contributed by atoms with van der Waals surface area (Å²) >= 11 is 3.15. The van der Waals surface area contributed by atoms with Crippen molar-refractivity contribution in [3.63, 3.8) is 0 Å². The first kappa shape index (κ1) is 11.0. The number of halogens is 2. The van der Waals surface area contributed by atoms with E-state index in [-0.39, 0.29) is 11.7 Å². The van der Waals surface area contributed by atoms with Gasteiger partial charge in [0.2, 0.25) is 0 Å². The first-order valence-corrected chi connectivity index (χ1v) is 5.69. The molecule has 1 N–H and O–H groups in total. The molecule has 2 rings (SSSR count). The Bertz CT molecular complexity index is 350. The molecule has 0 aliphatic carbocycles. The van der Waals surface area contributed by atoms with E-state index >= 15 is 0 Å². The van der Waals surface area contributed by atoms with Crippen molar-refractivity contribution in [1.29, 1.82) is 0 Å². The van der Waals surface area contributed by atoms with Crippen LogP contribution in [0.15, 0.2) is 22.7 Å². The third kappa shape index (κ3) is 2.22. The summed E-state index contributed by atoms with van der Waals surface area (Å²) < 4.78 is 18.8. The van der Waals surface area contributed by atoms with Crippen LogP contribution in [0.1, 0.15) is 18.1 Å². The predicted molar refractivity (Wildman–Crippen MR) is 58.0 cm³/mol. The van der Waals surface area contributed by atoms with E-state index in [1.807, 2.05) is 0 Å². The monoisotopic (exact) mass is 274 g/mol. The van der Waals surface area contributed by atoms with E-state index in [9.17, 15) is 9.50 Å². The van der Waals surface area contributed by atoms with Crippen LogP contribution in [-0.2, 0) is 4.74 Å². The highest BCUT2D eigenvalue weighted by atomic mass is 79.9. The van der Waals surface area contributed by atoms with Crippen molar-refractivity contribution in [2.75, 3.05) is 13.2 Å². The Labute approximate surface area is 96.2 Å². The molecule has 82 valence electrons. The summed E-state index contributed by atoms with van der Waals surface area (Å²) in [6, 6.07) is 4.70. The van der Waals surface area contributed by atoms with Gasteiger partial charge in [-0.25, -0.2) is 4.39 Å². The molecule has 2 unspecified atom stereocenters. The van der Waals surface area contributed by atoms with Gasteiger partial charge in [-0.3, -0.25) is 0 Å². The van der Waals surface area contributed by atoms with Crippen molar-refractivity contribution in [3.05, 3.63) is 34.1 Å². The van der Waals surface area contributed by atoms with Crippen molar-refractivity contribution < 1.29 is 14.2 Å². The molecule has 4 heteroatoms. The summed E-state index contributed by atoms with van der Waals surface area (Å²) in [5, 5.41) is 10.0. The third-order valence-corrected chi connectivity index (χ3v) is 3.55. The molecule has 1 aliphatic heterocycles. The molecule has 0 aromatic heterocycles. The highest BCUT2D eigenvalue weighted by Crippen LogP contribution is 2.33. The lowest BCUT2D eigenvalue weighted by atomic mass is 9.95. The standard InChI is InChI=1S/C11H12BrFO2/c12-10-8(2-1-3-9(10)13)11(14)7-4-5-15-6-7/h1-3,7,11,14H,4-6H2. The summed E-state index contributed by atoms with van der Waals surface area (Å²) in [4.78, 5) is 0. The summed E-state index contributed by atoms with van der Waals surface area (Å²) in [6.45, 7) is 1.22. The number of hydrogen-bond acceptors (Lipinski definition) is 2. The molecule has 1 aliphatic rings. The molecule has 1 aromatic rings. The second-order valence-electron chi connectivity index (χ2n) is 3.71. The topological polar surface area (TPSA) is 29.5 Å². The van der Waals surface area contributed by atoms with Crippen LogP contribution >= 0.6 is 15.9 Å². The van der Waals surface area contributed by atoms with E-state index in [0.29, 0.717) is 23.2 Å². The van der Waals surface area contributed by atoms with Gasteiger partial charge in [-0.05, 0) is 34.0 Å². The third-order valence-electron chi connectivity index (χ3n) is 2.71. The van der Waals surface area contributed by atoms with Gasteiger partial charge in [0, 0.05) is 12.5 Å². The van der Waals surface area contributed by atoms with Crippen molar-refractivity contribution in [1.82, 2.24) is 0 Å². The van der Waals surface area contributed by atoms with Gasteiger partial charge in [0.1, 0.15) is 5.82 Å². The molecule has 2 atom stereocenters. The molecular weight excluding hydrogens is 263 g/mol. The van der Waals surface area contributed by atoms with Crippen LogP contribution in [0.3, 0.4) is 0 Å². The van der Waals surface area contributed by atoms with Crippen molar-refractivity contribution >= 4 is 15.9 Å². The number of ether oxygens (including phenoxy) is 1. The van der Waals surface area contributed by atoms with Gasteiger partial charge in [-0.2, -0.15) is 0 Å². The molecular formula is C11H12BrFO2. The minimum Gasteiger partial charge on any atom is -0.388 e. The SMILES string of the molecule is OC(c1cccc(F)c1Br)C1CCOC1. The molecule has 0 saturated carbocycles. The van der Waals surface area contributed by atoms with Crippen LogP contribution in [0.25, 0.3) is 0 Å². The van der Waals surface area contributed by atoms with E-state index < -0.39 is 6.10 Å². The van der Waals surface area contributed by atoms with Gasteiger partial charge in [0.05, 0.1) is 17.2 Å². The number of rotatable bonds is 2. The quantitative estimate of drug-likeness (QED) is 0.899. The van der Waals surface area contributed by atoms with E-state index in [0.717, 1.165) is 6.42 Å². The molecule has 15 heavy (non-hydrogen) atoms. The number of aliphatic hydroxyl groups excluding tert-OH is 1. The maximum absolute atomic E-state index is 13.2. The van der Waals surface area contributed by atoms with E-state index in [1.165, 1.54) is 6.07 Å². The fraction of sp³-hybridized carbons (Fsp3) is 0.455. The number of benzene rings is 1. The molecule has 0 radical (unpaired) electrons. The maximum atomic E-state index is 13.2. The lowest BCUT2D eigenvalue weighted by Gasteiger charge is -2.18. The Kier molecular flexibility index (Phi) is 3.38. The molecule has 1 heterocycles. The minimum atomic E-state index is -0.655. The van der Waals surface area contributed by atoms with Crippen LogP contribution in [0.2, 0.25) is 0 Å². The molecule has 1 aromatic carbocycles. The zero-order valence-corrected chi connectivity index (χ0v) is 9.71. The maximum Gasteiger partial charge on any atom is 0.137 e. The molecule has 2 nitrogen and oxygen atoms in total. The zero-order valence-electron chi connectivity index (χ0n) is 8.12. The average molecular weight is 275 g/mol. The number of aliphatic hydroxyl groups is 1. The van der Waals surface area contributed by atoms with Crippen LogP contribution in [0.5, 0.6) is 0 Å². The van der Waals surface area contributed by atoms with Crippen LogP contribution in [-0.4, -0.2) is 18.3 Å². The Morgan fingerprint density at radius 2 is 2.33 bits per heavy atom. The van der Waals surface area contributed by atoms with E-state index in [2.05, 4.69) is 15.9 Å². The molecule has 0 amide bonds. The summed E-state index contributed by atoms with van der Waals surface area (Å²) in [5.41, 5.74) is 0.602. The molecule has 0 spiro atoms. The van der Waals surface area contributed by atoms with Crippen LogP contribution in [0, 0.1) is 11.7 Å². The zero-order chi connectivity index (χ0) is 10.8. The van der Waals surface area contributed by atoms with Gasteiger partial charge in [0.25, 0.3) is 0 Å². The Hall–Kier alpha value is -0.450. The lowest BCUT2D eigenvalue weighted by Crippen LogP contribution is -2.13. The van der Waals surface area contributed by atoms with Crippen LogP contribution in [0.4, 0.5) is 4.39 Å². The molecule has 0 bridgehead atoms. The first-order chi connectivity index (χ1) is 7.20. The summed E-state index contributed by atoms with van der Waals surface area (Å²) in [6.07, 6.45) is 0.169. The highest BCUT2D eigenvalue weighted by Gasteiger charge is 2.27. The van der Waals surface area contributed by atoms with Crippen molar-refractivity contribution in [2.45, 2.75) is 12.5 Å². The van der Waals surface area contributed by atoms with Gasteiger partial charge in [-0.1, -0.05) is 12.1 Å². The predicted octanol–water partition coefficient (Wildman–Crippen LogP) is 2.66. The lowest BCUT2D eigenvalue weighted by molar-refractivity contribution is 0.0910. The van der Waals surface area contributed by atoms with E-state index in [1.54, 1.807) is 12.1 Å². The van der Waals surface area contributed by atoms with E-state index in [4.69, 9.17) is 4.74 Å². The van der Waals surface area contributed by atoms with Gasteiger partial charge in [0.15, 0.2) is 0 Å². The van der Waals surface area contributed by atoms with Gasteiger partial charge < -0.3 is 9.84 Å². The smallest absolute Gasteiger partial charge is 0.137 e. The molecule has 1 fully saturated rings. The van der Waals surface area contributed by atoms with Crippen molar-refractivity contribution in [2.24, 2.45) is 5.92 Å². The fourth-order valence-electron chi connectivity index (χ4n) is 1.80. The minimum absolute atomic E-state index is 0.0723. The normalized spacial score (nSPS) is 23.0. The highest BCUT2D eigenvalue weighted by molar-refractivity contribution is 9.10. The molecule has 1 saturated heterocycles. The average Bonchev–Trinajstić information content (AvgIpc) is 2.74. The van der Waals surface area contributed by atoms with Gasteiger partial charge >= 0.3 is 0 Å². The Morgan fingerprint density at radius 3 is 3.00 bits per heavy atom. The largest absolute Gasteiger partial charge is 0.388 e. The summed E-state index contributed by atoms with van der Waals surface area (Å²) in [7, 11) is 0.